The zero-order valence-electron chi connectivity index (χ0n) is 12.0. The van der Waals surface area contributed by atoms with Gasteiger partial charge in [-0.05, 0) is 44.1 Å². The Hall–Kier alpha value is -1.22. The van der Waals surface area contributed by atoms with Crippen molar-refractivity contribution < 1.29 is 22.3 Å². The van der Waals surface area contributed by atoms with Gasteiger partial charge < -0.3 is 10.1 Å². The number of esters is 1. The van der Waals surface area contributed by atoms with Gasteiger partial charge in [0.25, 0.3) is 0 Å². The summed E-state index contributed by atoms with van der Waals surface area (Å²) in [6, 6.07) is 2.73. The fraction of sp³-hybridized carbons (Fsp3) is 0.462. The summed E-state index contributed by atoms with van der Waals surface area (Å²) >= 11 is 0. The molecule has 0 amide bonds. The number of benzene rings is 1. The molecular formula is C13H18ClFN2O4S. The standard InChI is InChI=1S/C13H17FN2O4S.ClH/c1-20-13(17)11-3-2-9(14)8-12(11)21(18,19)16-10-4-6-15-7-5-10;/h2-3,8,10,15-16H,4-7H2,1H3;1H. The number of carbonyl (C=O) groups is 1. The van der Waals surface area contributed by atoms with Crippen LogP contribution in [0.1, 0.15) is 23.2 Å². The molecule has 0 spiro atoms. The van der Waals surface area contributed by atoms with E-state index >= 15 is 0 Å². The van der Waals surface area contributed by atoms with Gasteiger partial charge in [0, 0.05) is 6.04 Å². The second-order valence-corrected chi connectivity index (χ2v) is 6.46. The summed E-state index contributed by atoms with van der Waals surface area (Å²) in [6.07, 6.45) is 1.28. The maximum absolute atomic E-state index is 13.4. The van der Waals surface area contributed by atoms with Gasteiger partial charge in [0.15, 0.2) is 0 Å². The summed E-state index contributed by atoms with van der Waals surface area (Å²) in [4.78, 5) is 11.2. The van der Waals surface area contributed by atoms with E-state index in [0.29, 0.717) is 25.9 Å². The van der Waals surface area contributed by atoms with Crippen molar-refractivity contribution in [2.45, 2.75) is 23.8 Å². The van der Waals surface area contributed by atoms with Gasteiger partial charge in [-0.25, -0.2) is 22.3 Å². The van der Waals surface area contributed by atoms with Crippen LogP contribution in [0.15, 0.2) is 23.1 Å². The van der Waals surface area contributed by atoms with E-state index in [0.717, 1.165) is 25.3 Å². The Morgan fingerprint density at radius 1 is 1.36 bits per heavy atom. The quantitative estimate of drug-likeness (QED) is 0.792. The molecule has 0 atom stereocenters. The minimum atomic E-state index is -3.99. The van der Waals surface area contributed by atoms with Crippen LogP contribution in [0.4, 0.5) is 4.39 Å². The molecule has 9 heteroatoms. The fourth-order valence-electron chi connectivity index (χ4n) is 2.22. The zero-order valence-corrected chi connectivity index (χ0v) is 13.6. The lowest BCUT2D eigenvalue weighted by atomic mass is 10.1. The van der Waals surface area contributed by atoms with E-state index in [1.165, 1.54) is 0 Å². The molecular weight excluding hydrogens is 335 g/mol. The van der Waals surface area contributed by atoms with Crippen LogP contribution in [0, 0.1) is 5.82 Å². The topological polar surface area (TPSA) is 84.5 Å². The zero-order chi connectivity index (χ0) is 15.5. The molecule has 0 unspecified atom stereocenters. The Morgan fingerprint density at radius 3 is 2.59 bits per heavy atom. The lowest BCUT2D eigenvalue weighted by molar-refractivity contribution is 0.0596. The van der Waals surface area contributed by atoms with E-state index in [9.17, 15) is 17.6 Å². The molecule has 1 aliphatic heterocycles. The third-order valence-corrected chi connectivity index (χ3v) is 4.86. The van der Waals surface area contributed by atoms with E-state index in [1.54, 1.807) is 0 Å². The predicted octanol–water partition coefficient (Wildman–Crippen LogP) is 1.06. The van der Waals surface area contributed by atoms with Crippen molar-refractivity contribution in [2.75, 3.05) is 20.2 Å². The van der Waals surface area contributed by atoms with Crippen LogP contribution in [0.25, 0.3) is 0 Å². The molecule has 2 N–H and O–H groups in total. The molecule has 1 heterocycles. The number of carbonyl (C=O) groups excluding carboxylic acids is 1. The summed E-state index contributed by atoms with van der Waals surface area (Å²) in [5, 5.41) is 3.12. The average Bonchev–Trinajstić information content (AvgIpc) is 2.47. The summed E-state index contributed by atoms with van der Waals surface area (Å²) in [5.74, 6) is -1.55. The molecule has 0 aliphatic carbocycles. The molecule has 124 valence electrons. The van der Waals surface area contributed by atoms with Crippen molar-refractivity contribution in [3.8, 4) is 0 Å². The van der Waals surface area contributed by atoms with Gasteiger partial charge in [-0.3, -0.25) is 0 Å². The third kappa shape index (κ3) is 4.39. The Bertz CT molecular complexity index is 633. The van der Waals surface area contributed by atoms with Crippen LogP contribution in [0.3, 0.4) is 0 Å². The molecule has 0 saturated carbocycles. The summed E-state index contributed by atoms with van der Waals surface area (Å²) in [6.45, 7) is 1.42. The number of methoxy groups -OCH3 is 1. The van der Waals surface area contributed by atoms with Gasteiger partial charge in [-0.1, -0.05) is 0 Å². The number of rotatable bonds is 4. The summed E-state index contributed by atoms with van der Waals surface area (Å²) < 4.78 is 45.2. The van der Waals surface area contributed by atoms with E-state index < -0.39 is 26.7 Å². The van der Waals surface area contributed by atoms with Crippen molar-refractivity contribution in [1.29, 1.82) is 0 Å². The minimum absolute atomic E-state index is 0. The highest BCUT2D eigenvalue weighted by molar-refractivity contribution is 7.89. The van der Waals surface area contributed by atoms with Crippen molar-refractivity contribution in [3.05, 3.63) is 29.6 Å². The van der Waals surface area contributed by atoms with Gasteiger partial charge in [0.1, 0.15) is 5.82 Å². The second kappa shape index (κ2) is 7.87. The highest BCUT2D eigenvalue weighted by Crippen LogP contribution is 2.19. The van der Waals surface area contributed by atoms with E-state index in [2.05, 4.69) is 14.8 Å². The number of nitrogens with one attached hydrogen (secondary N) is 2. The molecule has 0 bridgehead atoms. The number of sulfonamides is 1. The van der Waals surface area contributed by atoms with Crippen LogP contribution in [-0.2, 0) is 14.8 Å². The van der Waals surface area contributed by atoms with Crippen LogP contribution < -0.4 is 10.0 Å². The first-order valence-corrected chi connectivity index (χ1v) is 8.03. The second-order valence-electron chi connectivity index (χ2n) is 4.78. The van der Waals surface area contributed by atoms with Crippen LogP contribution >= 0.6 is 12.4 Å². The highest BCUT2D eigenvalue weighted by Gasteiger charge is 2.27. The molecule has 1 aromatic carbocycles. The molecule has 1 aliphatic rings. The normalized spacial score (nSPS) is 15.9. The molecule has 0 aromatic heterocycles. The van der Waals surface area contributed by atoms with Gasteiger partial charge in [0.2, 0.25) is 10.0 Å². The lowest BCUT2D eigenvalue weighted by Gasteiger charge is -2.23. The smallest absolute Gasteiger partial charge is 0.339 e. The molecule has 1 aromatic rings. The number of hydrogen-bond acceptors (Lipinski definition) is 5. The van der Waals surface area contributed by atoms with Gasteiger partial charge in [-0.15, -0.1) is 12.4 Å². The lowest BCUT2D eigenvalue weighted by Crippen LogP contribution is -2.43. The number of ether oxygens (including phenoxy) is 1. The maximum atomic E-state index is 13.4. The number of piperidine rings is 1. The largest absolute Gasteiger partial charge is 0.465 e. The maximum Gasteiger partial charge on any atom is 0.339 e. The first-order valence-electron chi connectivity index (χ1n) is 6.55. The summed E-state index contributed by atoms with van der Waals surface area (Å²) in [7, 11) is -2.85. The number of hydrogen-bond donors (Lipinski definition) is 2. The Balaban J connectivity index is 0.00000242. The van der Waals surface area contributed by atoms with Gasteiger partial charge in [-0.2, -0.15) is 0 Å². The molecule has 6 nitrogen and oxygen atoms in total. The molecule has 2 rings (SSSR count). The Labute approximate surface area is 134 Å². The Kier molecular flexibility index (Phi) is 6.73. The van der Waals surface area contributed by atoms with Crippen molar-refractivity contribution in [2.24, 2.45) is 0 Å². The third-order valence-electron chi connectivity index (χ3n) is 3.30. The van der Waals surface area contributed by atoms with Crippen LogP contribution in [0.2, 0.25) is 0 Å². The fourth-order valence-corrected chi connectivity index (χ4v) is 3.73. The van der Waals surface area contributed by atoms with Crippen molar-refractivity contribution in [1.82, 2.24) is 10.0 Å². The van der Waals surface area contributed by atoms with E-state index in [-0.39, 0.29) is 24.0 Å². The number of halogens is 2. The predicted molar refractivity (Wildman–Crippen MR) is 81.2 cm³/mol. The van der Waals surface area contributed by atoms with Gasteiger partial charge >= 0.3 is 5.97 Å². The van der Waals surface area contributed by atoms with Gasteiger partial charge in [0.05, 0.1) is 17.6 Å². The Morgan fingerprint density at radius 2 is 2.00 bits per heavy atom. The minimum Gasteiger partial charge on any atom is -0.465 e. The van der Waals surface area contributed by atoms with Crippen LogP contribution in [-0.4, -0.2) is 40.6 Å². The summed E-state index contributed by atoms with van der Waals surface area (Å²) in [5.41, 5.74) is -0.180. The van der Waals surface area contributed by atoms with Crippen molar-refractivity contribution >= 4 is 28.4 Å². The monoisotopic (exact) mass is 352 g/mol. The molecule has 22 heavy (non-hydrogen) atoms. The average molecular weight is 353 g/mol. The SMILES string of the molecule is COC(=O)c1ccc(F)cc1S(=O)(=O)NC1CCNCC1.Cl. The molecule has 1 saturated heterocycles. The highest BCUT2D eigenvalue weighted by atomic mass is 35.5. The van der Waals surface area contributed by atoms with E-state index in [4.69, 9.17) is 0 Å². The van der Waals surface area contributed by atoms with Crippen molar-refractivity contribution in [3.63, 3.8) is 0 Å². The first kappa shape index (κ1) is 18.8. The van der Waals surface area contributed by atoms with Crippen LogP contribution in [0.5, 0.6) is 0 Å². The molecule has 1 fully saturated rings. The van der Waals surface area contributed by atoms with E-state index in [1.807, 2.05) is 0 Å². The first-order chi connectivity index (χ1) is 9.94. The molecule has 0 radical (unpaired) electrons.